The van der Waals surface area contributed by atoms with Crippen molar-refractivity contribution in [3.63, 3.8) is 0 Å². The third-order valence-electron chi connectivity index (χ3n) is 8.61. The van der Waals surface area contributed by atoms with E-state index in [4.69, 9.17) is 11.6 Å². The predicted octanol–water partition coefficient (Wildman–Crippen LogP) is 7.56. The van der Waals surface area contributed by atoms with Gasteiger partial charge in [-0.05, 0) is 117 Å². The Morgan fingerprint density at radius 3 is 2.24 bits per heavy atom. The van der Waals surface area contributed by atoms with Crippen LogP contribution in [0.3, 0.4) is 0 Å². The quantitative estimate of drug-likeness (QED) is 0.243. The molecular weight excluding hydrogens is 595 g/mol. The summed E-state index contributed by atoms with van der Waals surface area (Å²) in [5.74, 6) is 0.857. The number of benzene rings is 3. The highest BCUT2D eigenvalue weighted by atomic mass is 35.5. The molecule has 5 rings (SSSR count). The van der Waals surface area contributed by atoms with Gasteiger partial charge in [0.1, 0.15) is 0 Å². The molecule has 0 aliphatic carbocycles. The van der Waals surface area contributed by atoms with Crippen LogP contribution in [-0.4, -0.2) is 50.1 Å². The topological polar surface area (TPSA) is 40.6 Å². The minimum atomic E-state index is -3.27. The molecule has 1 saturated heterocycles. The first-order chi connectivity index (χ1) is 18.9. The van der Waals surface area contributed by atoms with Crippen molar-refractivity contribution >= 4 is 46.3 Å². The Morgan fingerprint density at radius 2 is 1.51 bits per heavy atom. The summed E-state index contributed by atoms with van der Waals surface area (Å²) in [6, 6.07) is 22.6. The number of likely N-dealkylation sites (tertiary alicyclic amines) is 1. The molecule has 3 aromatic rings. The molecule has 3 aromatic carbocycles. The summed E-state index contributed by atoms with van der Waals surface area (Å²) in [4.78, 5) is 5.48. The summed E-state index contributed by atoms with van der Waals surface area (Å²) in [5.41, 5.74) is 6.46. The number of aryl methyl sites for hydroxylation is 1. The highest BCUT2D eigenvalue weighted by molar-refractivity contribution is 7.91. The van der Waals surface area contributed by atoms with Gasteiger partial charge in [-0.25, -0.2) is 8.42 Å². The van der Waals surface area contributed by atoms with Gasteiger partial charge in [0.05, 0.1) is 10.6 Å². The van der Waals surface area contributed by atoms with Crippen LogP contribution >= 0.6 is 36.4 Å². The molecule has 0 amide bonds. The second-order valence-corrected chi connectivity index (χ2v) is 14.0. The first kappa shape index (κ1) is 33.9. The van der Waals surface area contributed by atoms with Crippen LogP contribution in [0.5, 0.6) is 0 Å². The smallest absolute Gasteiger partial charge is 0.178 e. The molecule has 0 N–H and O–H groups in total. The number of nitrogens with zero attached hydrogens (tertiary/aromatic N) is 2. The molecule has 0 spiro atoms. The standard InChI is InChI=1S/C33H41ClN2O2S.2ClH/c1-26-6-2-3-9-31(26)25-36-19-15-29-11-12-33(23-30(29)16-20-36)39(37,38)21-5-8-27-13-17-35(18-14-27)24-28-7-4-10-32(34)22-28;;/h2-4,6-7,9-12,22-23,27H,5,8,13-21,24-25H2,1H3;2*1H. The van der Waals surface area contributed by atoms with Gasteiger partial charge < -0.3 is 0 Å². The van der Waals surface area contributed by atoms with E-state index in [1.165, 1.54) is 27.8 Å². The Hall–Kier alpha value is -1.60. The molecule has 0 aromatic heterocycles. The van der Waals surface area contributed by atoms with Gasteiger partial charge >= 0.3 is 0 Å². The van der Waals surface area contributed by atoms with Gasteiger partial charge in [-0.3, -0.25) is 9.80 Å². The molecule has 4 nitrogen and oxygen atoms in total. The number of piperidine rings is 1. The predicted molar refractivity (Wildman–Crippen MR) is 176 cm³/mol. The lowest BCUT2D eigenvalue weighted by Crippen LogP contribution is -2.33. The van der Waals surface area contributed by atoms with E-state index in [2.05, 4.69) is 53.1 Å². The van der Waals surface area contributed by atoms with Crippen LogP contribution in [0.1, 0.15) is 53.5 Å². The summed E-state index contributed by atoms with van der Waals surface area (Å²) >= 11 is 6.13. The summed E-state index contributed by atoms with van der Waals surface area (Å²) in [6.45, 7) is 8.15. The average Bonchev–Trinajstić information content (AvgIpc) is 3.13. The second kappa shape index (κ2) is 15.7. The highest BCUT2D eigenvalue weighted by Gasteiger charge is 2.22. The maximum atomic E-state index is 13.2. The van der Waals surface area contributed by atoms with E-state index in [9.17, 15) is 8.42 Å². The lowest BCUT2D eigenvalue weighted by molar-refractivity contribution is 0.172. The van der Waals surface area contributed by atoms with Crippen LogP contribution in [0.15, 0.2) is 71.6 Å². The molecule has 2 heterocycles. The van der Waals surface area contributed by atoms with Crippen molar-refractivity contribution in [2.75, 3.05) is 31.9 Å². The van der Waals surface area contributed by atoms with E-state index in [0.29, 0.717) is 10.8 Å². The van der Waals surface area contributed by atoms with E-state index in [1.807, 2.05) is 30.3 Å². The molecule has 0 unspecified atom stereocenters. The van der Waals surface area contributed by atoms with Crippen LogP contribution in [0, 0.1) is 12.8 Å². The van der Waals surface area contributed by atoms with Gasteiger partial charge in [0, 0.05) is 31.2 Å². The van der Waals surface area contributed by atoms with E-state index in [1.54, 1.807) is 0 Å². The summed E-state index contributed by atoms with van der Waals surface area (Å²) in [5, 5.41) is 0.790. The molecule has 2 aliphatic heterocycles. The molecule has 0 saturated carbocycles. The minimum Gasteiger partial charge on any atom is -0.299 e. The third kappa shape index (κ3) is 9.44. The lowest BCUT2D eigenvalue weighted by atomic mass is 9.92. The van der Waals surface area contributed by atoms with Crippen LogP contribution < -0.4 is 0 Å². The highest BCUT2D eigenvalue weighted by Crippen LogP contribution is 2.26. The normalized spacial score (nSPS) is 16.7. The lowest BCUT2D eigenvalue weighted by Gasteiger charge is -2.32. The van der Waals surface area contributed by atoms with Crippen molar-refractivity contribution in [1.82, 2.24) is 9.80 Å². The molecule has 41 heavy (non-hydrogen) atoms. The van der Waals surface area contributed by atoms with E-state index >= 15 is 0 Å². The molecule has 8 heteroatoms. The SMILES string of the molecule is Cc1ccccc1CN1CCc2ccc(S(=O)(=O)CCCC3CCN(Cc4cccc(Cl)c4)CC3)cc2CC1.Cl.Cl. The molecule has 2 aliphatic rings. The number of fused-ring (bicyclic) bond motifs is 1. The Kier molecular flexibility index (Phi) is 13.0. The molecule has 1 fully saturated rings. The first-order valence-electron chi connectivity index (χ1n) is 14.4. The zero-order valence-electron chi connectivity index (χ0n) is 23.9. The fourth-order valence-corrected chi connectivity index (χ4v) is 7.73. The molecule has 0 radical (unpaired) electrons. The number of hydrogen-bond acceptors (Lipinski definition) is 4. The van der Waals surface area contributed by atoms with Crippen molar-refractivity contribution in [3.8, 4) is 0 Å². The fraction of sp³-hybridized carbons (Fsp3) is 0.455. The number of sulfone groups is 1. The third-order valence-corrected chi connectivity index (χ3v) is 10.6. The molecule has 0 atom stereocenters. The van der Waals surface area contributed by atoms with Gasteiger partial charge in [0.25, 0.3) is 0 Å². The first-order valence-corrected chi connectivity index (χ1v) is 16.5. The zero-order chi connectivity index (χ0) is 27.2. The minimum absolute atomic E-state index is 0. The van der Waals surface area contributed by atoms with E-state index < -0.39 is 9.84 Å². The summed E-state index contributed by atoms with van der Waals surface area (Å²) in [6.07, 6.45) is 5.87. The van der Waals surface area contributed by atoms with Gasteiger partial charge in [0.15, 0.2) is 9.84 Å². The average molecular weight is 638 g/mol. The van der Waals surface area contributed by atoms with Crippen LogP contribution in [0.4, 0.5) is 0 Å². The van der Waals surface area contributed by atoms with Crippen LogP contribution in [0.2, 0.25) is 5.02 Å². The Bertz CT molecular complexity index is 1370. The summed E-state index contributed by atoms with van der Waals surface area (Å²) < 4.78 is 26.5. The molecular formula is C33H43Cl3N2O2S. The van der Waals surface area contributed by atoms with Crippen molar-refractivity contribution in [1.29, 1.82) is 0 Å². The molecule has 0 bridgehead atoms. The van der Waals surface area contributed by atoms with Crippen molar-refractivity contribution in [2.24, 2.45) is 5.92 Å². The van der Waals surface area contributed by atoms with E-state index in [-0.39, 0.29) is 30.6 Å². The maximum absolute atomic E-state index is 13.2. The monoisotopic (exact) mass is 636 g/mol. The number of rotatable bonds is 9. The molecule has 224 valence electrons. The van der Waals surface area contributed by atoms with Crippen LogP contribution in [-0.2, 0) is 35.8 Å². The fourth-order valence-electron chi connectivity index (χ4n) is 6.13. The van der Waals surface area contributed by atoms with Crippen LogP contribution in [0.25, 0.3) is 0 Å². The van der Waals surface area contributed by atoms with Crippen molar-refractivity contribution < 1.29 is 8.42 Å². The van der Waals surface area contributed by atoms with Gasteiger partial charge in [-0.2, -0.15) is 0 Å². The largest absolute Gasteiger partial charge is 0.299 e. The van der Waals surface area contributed by atoms with Crippen molar-refractivity contribution in [3.05, 3.63) is 99.6 Å². The van der Waals surface area contributed by atoms with Gasteiger partial charge in [-0.15, -0.1) is 24.8 Å². The number of halogens is 3. The van der Waals surface area contributed by atoms with Gasteiger partial charge in [0.2, 0.25) is 0 Å². The number of hydrogen-bond donors (Lipinski definition) is 0. The second-order valence-electron chi connectivity index (χ2n) is 11.4. The zero-order valence-corrected chi connectivity index (χ0v) is 27.1. The van der Waals surface area contributed by atoms with Crippen molar-refractivity contribution in [2.45, 2.75) is 63.4 Å². The Balaban J connectivity index is 0.00000231. The van der Waals surface area contributed by atoms with E-state index in [0.717, 1.165) is 82.8 Å². The summed E-state index contributed by atoms with van der Waals surface area (Å²) in [7, 11) is -3.27. The maximum Gasteiger partial charge on any atom is 0.178 e. The van der Waals surface area contributed by atoms with Gasteiger partial charge in [-0.1, -0.05) is 54.1 Å². The Labute approximate surface area is 264 Å². The Morgan fingerprint density at radius 1 is 0.805 bits per heavy atom.